The molecule has 4 aromatic rings. The second kappa shape index (κ2) is 7.23. The summed E-state index contributed by atoms with van der Waals surface area (Å²) in [6, 6.07) is 5.15. The van der Waals surface area contributed by atoms with E-state index in [1.54, 1.807) is 34.6 Å². The van der Waals surface area contributed by atoms with Gasteiger partial charge in [0, 0.05) is 23.7 Å². The number of carbonyl (C=O) groups is 1. The van der Waals surface area contributed by atoms with E-state index >= 15 is 0 Å². The number of phenolic OH excluding ortho intramolecular Hbond substituents is 1. The number of nitrogen functional groups attached to an aromatic ring is 1. The maximum atomic E-state index is 13.7. The molecule has 3 N–H and O–H groups in total. The summed E-state index contributed by atoms with van der Waals surface area (Å²) in [6.45, 7) is 6.94. The normalized spacial score (nSPS) is 13.6. The lowest BCUT2D eigenvalue weighted by Crippen LogP contribution is -2.39. The van der Waals surface area contributed by atoms with Crippen molar-refractivity contribution < 1.29 is 9.90 Å². The standard InChI is InChI=1S/C22H22ClN7O2/c1-11-4-5-16(31)12(2)19(11)30-20(24)18(15-8-14(23)9-25-21(15)30)22(32)28-6-7-29-17(10-28)26-13(3)27-29/h4-5,8-9,31H,6-7,10,24H2,1-3H3. The molecule has 4 heterocycles. The highest BCUT2D eigenvalue weighted by molar-refractivity contribution is 6.31. The lowest BCUT2D eigenvalue weighted by Gasteiger charge is -2.26. The van der Waals surface area contributed by atoms with Gasteiger partial charge in [-0.05, 0) is 38.5 Å². The molecule has 5 rings (SSSR count). The Hall–Kier alpha value is -3.59. The minimum absolute atomic E-state index is 0.138. The van der Waals surface area contributed by atoms with Crippen LogP contribution < -0.4 is 5.73 Å². The topological polar surface area (TPSA) is 115 Å². The molecule has 0 fully saturated rings. The molecule has 0 saturated carbocycles. The summed E-state index contributed by atoms with van der Waals surface area (Å²) in [4.78, 5) is 24.3. The second-order valence-electron chi connectivity index (χ2n) is 8.02. The van der Waals surface area contributed by atoms with Crippen LogP contribution >= 0.6 is 11.6 Å². The molecule has 1 aliphatic heterocycles. The van der Waals surface area contributed by atoms with Gasteiger partial charge in [0.05, 0.1) is 29.4 Å². The van der Waals surface area contributed by atoms with Gasteiger partial charge in [-0.25, -0.2) is 14.6 Å². The van der Waals surface area contributed by atoms with E-state index in [-0.39, 0.29) is 17.5 Å². The van der Waals surface area contributed by atoms with Crippen molar-refractivity contribution in [1.29, 1.82) is 0 Å². The van der Waals surface area contributed by atoms with Crippen molar-refractivity contribution in [2.45, 2.75) is 33.9 Å². The largest absolute Gasteiger partial charge is 0.508 e. The summed E-state index contributed by atoms with van der Waals surface area (Å²) in [5.74, 6) is 1.58. The molecule has 1 aliphatic rings. The molecule has 1 amide bonds. The zero-order chi connectivity index (χ0) is 22.7. The first kappa shape index (κ1) is 20.3. The van der Waals surface area contributed by atoms with Gasteiger partial charge in [-0.1, -0.05) is 17.7 Å². The van der Waals surface area contributed by atoms with Crippen LogP contribution in [-0.4, -0.2) is 46.8 Å². The molecular weight excluding hydrogens is 430 g/mol. The van der Waals surface area contributed by atoms with Gasteiger partial charge in [-0.2, -0.15) is 5.10 Å². The molecule has 0 radical (unpaired) electrons. The Morgan fingerprint density at radius 2 is 2.00 bits per heavy atom. The maximum Gasteiger partial charge on any atom is 0.258 e. The smallest absolute Gasteiger partial charge is 0.258 e. The molecular formula is C22H22ClN7O2. The van der Waals surface area contributed by atoms with Gasteiger partial charge in [0.15, 0.2) is 0 Å². The number of aromatic nitrogens is 5. The lowest BCUT2D eigenvalue weighted by atomic mass is 10.1. The SMILES string of the molecule is Cc1nc2n(n1)CCN(C(=O)c1c(N)n(-c3c(C)ccc(O)c3C)c3ncc(Cl)cc13)C2. The van der Waals surface area contributed by atoms with E-state index in [4.69, 9.17) is 17.3 Å². The number of nitrogens with two attached hydrogens (primary N) is 1. The number of aromatic hydroxyl groups is 1. The Labute approximate surface area is 189 Å². The average molecular weight is 452 g/mol. The van der Waals surface area contributed by atoms with E-state index < -0.39 is 0 Å². The number of halogens is 1. The number of fused-ring (bicyclic) bond motifs is 2. The van der Waals surface area contributed by atoms with Crippen molar-refractivity contribution in [2.75, 3.05) is 12.3 Å². The van der Waals surface area contributed by atoms with Crippen LogP contribution in [0.3, 0.4) is 0 Å². The van der Waals surface area contributed by atoms with E-state index in [9.17, 15) is 9.90 Å². The molecule has 0 atom stereocenters. The minimum Gasteiger partial charge on any atom is -0.508 e. The van der Waals surface area contributed by atoms with Crippen LogP contribution in [0.4, 0.5) is 5.82 Å². The predicted octanol–water partition coefficient (Wildman–Crippen LogP) is 3.14. The van der Waals surface area contributed by atoms with Crippen molar-refractivity contribution in [3.63, 3.8) is 0 Å². The zero-order valence-corrected chi connectivity index (χ0v) is 18.7. The van der Waals surface area contributed by atoms with Crippen molar-refractivity contribution in [3.05, 3.63) is 57.8 Å². The van der Waals surface area contributed by atoms with Gasteiger partial charge in [0.25, 0.3) is 5.91 Å². The first-order chi connectivity index (χ1) is 15.3. The Balaban J connectivity index is 1.70. The molecule has 3 aromatic heterocycles. The van der Waals surface area contributed by atoms with Crippen LogP contribution in [0.25, 0.3) is 16.7 Å². The van der Waals surface area contributed by atoms with Crippen LogP contribution in [0.5, 0.6) is 5.75 Å². The van der Waals surface area contributed by atoms with Crippen LogP contribution in [0, 0.1) is 20.8 Å². The molecule has 164 valence electrons. The molecule has 10 heteroatoms. The number of anilines is 1. The third-order valence-corrected chi connectivity index (χ3v) is 6.12. The summed E-state index contributed by atoms with van der Waals surface area (Å²) in [5, 5.41) is 15.6. The summed E-state index contributed by atoms with van der Waals surface area (Å²) < 4.78 is 3.55. The quantitative estimate of drug-likeness (QED) is 0.483. The Morgan fingerprint density at radius 3 is 2.78 bits per heavy atom. The fourth-order valence-electron chi connectivity index (χ4n) is 4.37. The molecule has 0 unspecified atom stereocenters. The van der Waals surface area contributed by atoms with Crippen LogP contribution in [0.15, 0.2) is 24.4 Å². The monoisotopic (exact) mass is 451 g/mol. The fourth-order valence-corrected chi connectivity index (χ4v) is 4.53. The highest BCUT2D eigenvalue weighted by atomic mass is 35.5. The van der Waals surface area contributed by atoms with E-state index in [1.807, 2.05) is 18.5 Å². The molecule has 0 spiro atoms. The third-order valence-electron chi connectivity index (χ3n) is 5.91. The Kier molecular flexibility index (Phi) is 4.59. The molecule has 0 saturated heterocycles. The molecule has 32 heavy (non-hydrogen) atoms. The summed E-state index contributed by atoms with van der Waals surface area (Å²) in [5.41, 5.74) is 9.67. The third kappa shape index (κ3) is 3.00. The van der Waals surface area contributed by atoms with E-state index in [0.29, 0.717) is 58.3 Å². The number of carbonyl (C=O) groups excluding carboxylic acids is 1. The summed E-state index contributed by atoms with van der Waals surface area (Å²) >= 11 is 6.25. The summed E-state index contributed by atoms with van der Waals surface area (Å²) in [7, 11) is 0. The van der Waals surface area contributed by atoms with Crippen molar-refractivity contribution in [3.8, 4) is 11.4 Å². The summed E-state index contributed by atoms with van der Waals surface area (Å²) in [6.07, 6.45) is 1.52. The Bertz CT molecular complexity index is 1410. The number of aryl methyl sites for hydroxylation is 2. The number of phenols is 1. The van der Waals surface area contributed by atoms with Crippen molar-refractivity contribution in [1.82, 2.24) is 29.2 Å². The van der Waals surface area contributed by atoms with Gasteiger partial charge < -0.3 is 15.7 Å². The number of hydrogen-bond donors (Lipinski definition) is 2. The predicted molar refractivity (Wildman–Crippen MR) is 121 cm³/mol. The highest BCUT2D eigenvalue weighted by Crippen LogP contribution is 2.37. The number of hydrogen-bond acceptors (Lipinski definition) is 6. The van der Waals surface area contributed by atoms with Gasteiger partial charge in [0.1, 0.15) is 28.9 Å². The molecule has 0 aliphatic carbocycles. The lowest BCUT2D eigenvalue weighted by molar-refractivity contribution is 0.0705. The number of rotatable bonds is 2. The van der Waals surface area contributed by atoms with Gasteiger partial charge in [-0.3, -0.25) is 9.36 Å². The average Bonchev–Trinajstić information content (AvgIpc) is 3.26. The maximum absolute atomic E-state index is 13.7. The van der Waals surface area contributed by atoms with Gasteiger partial charge in [0.2, 0.25) is 0 Å². The first-order valence-electron chi connectivity index (χ1n) is 10.2. The minimum atomic E-state index is -0.224. The van der Waals surface area contributed by atoms with Crippen LogP contribution in [0.1, 0.15) is 33.1 Å². The van der Waals surface area contributed by atoms with Crippen LogP contribution in [-0.2, 0) is 13.1 Å². The van der Waals surface area contributed by atoms with E-state index in [2.05, 4.69) is 15.1 Å². The van der Waals surface area contributed by atoms with E-state index in [0.717, 1.165) is 11.4 Å². The number of pyridine rings is 1. The van der Waals surface area contributed by atoms with Crippen molar-refractivity contribution >= 4 is 34.4 Å². The fraction of sp³-hybridized carbons (Fsp3) is 0.273. The molecule has 0 bridgehead atoms. The van der Waals surface area contributed by atoms with Crippen LogP contribution in [0.2, 0.25) is 5.02 Å². The Morgan fingerprint density at radius 1 is 1.22 bits per heavy atom. The number of amides is 1. The number of nitrogens with zero attached hydrogens (tertiary/aromatic N) is 6. The molecule has 9 nitrogen and oxygen atoms in total. The zero-order valence-electron chi connectivity index (χ0n) is 17.9. The van der Waals surface area contributed by atoms with Gasteiger partial charge in [-0.15, -0.1) is 0 Å². The number of benzene rings is 1. The van der Waals surface area contributed by atoms with Gasteiger partial charge >= 0.3 is 0 Å². The first-order valence-corrected chi connectivity index (χ1v) is 10.6. The van der Waals surface area contributed by atoms with E-state index in [1.165, 1.54) is 6.20 Å². The van der Waals surface area contributed by atoms with Crippen molar-refractivity contribution in [2.24, 2.45) is 0 Å². The highest BCUT2D eigenvalue weighted by Gasteiger charge is 2.30. The second-order valence-corrected chi connectivity index (χ2v) is 8.46. The molecule has 1 aromatic carbocycles.